The molecule has 6 heteroatoms. The number of hydrogen-bond acceptors (Lipinski definition) is 6. The minimum Gasteiger partial charge on any atom is -0.454 e. The molecule has 1 aromatic rings. The van der Waals surface area contributed by atoms with Crippen LogP contribution in [-0.2, 0) is 11.3 Å². The molecule has 1 fully saturated rings. The Hall–Kier alpha value is -1.60. The molecular weight excluding hydrogens is 332 g/mol. The van der Waals surface area contributed by atoms with Gasteiger partial charge in [-0.15, -0.1) is 6.58 Å². The molecule has 26 heavy (non-hydrogen) atoms. The molecule has 2 heterocycles. The topological polar surface area (TPSA) is 54.4 Å². The van der Waals surface area contributed by atoms with E-state index >= 15 is 0 Å². The zero-order valence-electron chi connectivity index (χ0n) is 15.8. The van der Waals surface area contributed by atoms with E-state index in [4.69, 9.17) is 14.2 Å². The molecule has 0 amide bonds. The summed E-state index contributed by atoms with van der Waals surface area (Å²) in [7, 11) is 0. The minimum atomic E-state index is -0.477. The van der Waals surface area contributed by atoms with Crippen LogP contribution in [0.3, 0.4) is 0 Å². The van der Waals surface area contributed by atoms with E-state index in [1.165, 1.54) is 5.56 Å². The maximum atomic E-state index is 10.2. The normalized spacial score (nSPS) is 19.5. The summed E-state index contributed by atoms with van der Waals surface area (Å²) in [6, 6.07) is 6.15. The number of piperazine rings is 1. The molecule has 0 aliphatic carbocycles. The number of rotatable bonds is 8. The average molecular weight is 362 g/mol. The maximum absolute atomic E-state index is 10.2. The molecule has 1 aromatic carbocycles. The molecule has 144 valence electrons. The number of nitrogens with zero attached hydrogens (tertiary/aromatic N) is 2. The quantitative estimate of drug-likeness (QED) is 0.713. The summed E-state index contributed by atoms with van der Waals surface area (Å²) in [5.74, 6) is 1.67. The first kappa shape index (κ1) is 19.2. The van der Waals surface area contributed by atoms with E-state index in [-0.39, 0.29) is 0 Å². The maximum Gasteiger partial charge on any atom is 0.231 e. The van der Waals surface area contributed by atoms with E-state index < -0.39 is 11.7 Å². The van der Waals surface area contributed by atoms with Gasteiger partial charge in [0, 0.05) is 39.3 Å². The zero-order valence-corrected chi connectivity index (χ0v) is 15.8. The van der Waals surface area contributed by atoms with Crippen molar-refractivity contribution < 1.29 is 19.3 Å². The van der Waals surface area contributed by atoms with Crippen LogP contribution in [0.5, 0.6) is 11.5 Å². The lowest BCUT2D eigenvalue weighted by Crippen LogP contribution is -2.48. The second kappa shape index (κ2) is 8.39. The summed E-state index contributed by atoms with van der Waals surface area (Å²) in [5, 5.41) is 10.2. The fourth-order valence-electron chi connectivity index (χ4n) is 3.15. The van der Waals surface area contributed by atoms with Gasteiger partial charge in [-0.25, -0.2) is 0 Å². The molecular formula is C20H30N2O4. The summed E-state index contributed by atoms with van der Waals surface area (Å²) in [6.45, 7) is 13.7. The minimum absolute atomic E-state index is 0.313. The Morgan fingerprint density at radius 3 is 2.62 bits per heavy atom. The van der Waals surface area contributed by atoms with Gasteiger partial charge >= 0.3 is 0 Å². The summed E-state index contributed by atoms with van der Waals surface area (Å²) in [5.41, 5.74) is 0.840. The second-order valence-electron chi connectivity index (χ2n) is 7.54. The third-order valence-corrected chi connectivity index (χ3v) is 4.92. The molecule has 0 aromatic heterocycles. The standard InChI is InChI=1S/C20H30N2O4/c1-4-20(2,3)26-14-17(23)13-22-9-7-21(8-10-22)12-16-5-6-18-19(11-16)25-15-24-18/h4-6,11,17,23H,1,7-10,12-15H2,2-3H3/t17-/m1/s1. The Bertz CT molecular complexity index is 612. The molecule has 0 spiro atoms. The van der Waals surface area contributed by atoms with E-state index in [1.54, 1.807) is 6.08 Å². The zero-order chi connectivity index (χ0) is 18.6. The average Bonchev–Trinajstić information content (AvgIpc) is 3.10. The predicted octanol–water partition coefficient (Wildman–Crippen LogP) is 1.87. The van der Waals surface area contributed by atoms with E-state index in [0.29, 0.717) is 19.9 Å². The lowest BCUT2D eigenvalue weighted by atomic mass is 10.1. The number of aliphatic hydroxyl groups excluding tert-OH is 1. The molecule has 0 radical (unpaired) electrons. The number of ether oxygens (including phenoxy) is 3. The van der Waals surface area contributed by atoms with Gasteiger partial charge < -0.3 is 19.3 Å². The van der Waals surface area contributed by atoms with Crippen molar-refractivity contribution in [3.05, 3.63) is 36.4 Å². The van der Waals surface area contributed by atoms with Crippen LogP contribution in [-0.4, -0.2) is 72.7 Å². The smallest absolute Gasteiger partial charge is 0.231 e. The predicted molar refractivity (Wildman–Crippen MR) is 101 cm³/mol. The molecule has 1 N–H and O–H groups in total. The highest BCUT2D eigenvalue weighted by Gasteiger charge is 2.22. The lowest BCUT2D eigenvalue weighted by molar-refractivity contribution is -0.0451. The molecule has 6 nitrogen and oxygen atoms in total. The lowest BCUT2D eigenvalue weighted by Gasteiger charge is -2.36. The number of β-amino-alcohol motifs (C(OH)–C–C–N with tert-alkyl or cyclic N) is 1. The van der Waals surface area contributed by atoms with Gasteiger partial charge in [-0.1, -0.05) is 12.1 Å². The van der Waals surface area contributed by atoms with Crippen LogP contribution in [0.4, 0.5) is 0 Å². The van der Waals surface area contributed by atoms with Crippen LogP contribution in [0.1, 0.15) is 19.4 Å². The van der Waals surface area contributed by atoms with Gasteiger partial charge in [-0.05, 0) is 31.5 Å². The van der Waals surface area contributed by atoms with E-state index in [1.807, 2.05) is 19.9 Å². The summed E-state index contributed by atoms with van der Waals surface area (Å²) in [4.78, 5) is 4.73. The highest BCUT2D eigenvalue weighted by atomic mass is 16.7. The molecule has 0 saturated carbocycles. The van der Waals surface area contributed by atoms with Gasteiger partial charge in [0.15, 0.2) is 11.5 Å². The van der Waals surface area contributed by atoms with Crippen molar-refractivity contribution >= 4 is 0 Å². The summed E-state index contributed by atoms with van der Waals surface area (Å²) < 4.78 is 16.5. The molecule has 1 saturated heterocycles. The van der Waals surface area contributed by atoms with Crippen LogP contribution in [0.2, 0.25) is 0 Å². The Labute approximate surface area is 155 Å². The van der Waals surface area contributed by atoms with Crippen molar-refractivity contribution in [2.75, 3.05) is 46.1 Å². The van der Waals surface area contributed by atoms with E-state index in [2.05, 4.69) is 28.5 Å². The highest BCUT2D eigenvalue weighted by molar-refractivity contribution is 5.44. The molecule has 0 unspecified atom stereocenters. The number of fused-ring (bicyclic) bond motifs is 1. The van der Waals surface area contributed by atoms with Crippen molar-refractivity contribution in [1.29, 1.82) is 0 Å². The highest BCUT2D eigenvalue weighted by Crippen LogP contribution is 2.32. The van der Waals surface area contributed by atoms with Crippen LogP contribution < -0.4 is 9.47 Å². The van der Waals surface area contributed by atoms with E-state index in [0.717, 1.165) is 44.2 Å². The molecule has 3 rings (SSSR count). The van der Waals surface area contributed by atoms with Gasteiger partial charge in [-0.3, -0.25) is 9.80 Å². The van der Waals surface area contributed by atoms with E-state index in [9.17, 15) is 5.11 Å². The van der Waals surface area contributed by atoms with Gasteiger partial charge in [0.2, 0.25) is 6.79 Å². The fraction of sp³-hybridized carbons (Fsp3) is 0.600. The van der Waals surface area contributed by atoms with Crippen molar-refractivity contribution in [3.63, 3.8) is 0 Å². The number of hydrogen-bond donors (Lipinski definition) is 1. The molecule has 1 atom stereocenters. The van der Waals surface area contributed by atoms with Crippen LogP contribution in [0.25, 0.3) is 0 Å². The van der Waals surface area contributed by atoms with Crippen molar-refractivity contribution in [1.82, 2.24) is 9.80 Å². The first-order valence-corrected chi connectivity index (χ1v) is 9.24. The van der Waals surface area contributed by atoms with Crippen LogP contribution in [0.15, 0.2) is 30.9 Å². The Balaban J connectivity index is 1.39. The third-order valence-electron chi connectivity index (χ3n) is 4.92. The van der Waals surface area contributed by atoms with Gasteiger partial charge in [0.1, 0.15) is 0 Å². The van der Waals surface area contributed by atoms with Gasteiger partial charge in [0.05, 0.1) is 18.3 Å². The molecule has 0 bridgehead atoms. The monoisotopic (exact) mass is 362 g/mol. The Kier molecular flexibility index (Phi) is 6.19. The number of benzene rings is 1. The summed E-state index contributed by atoms with van der Waals surface area (Å²) >= 11 is 0. The van der Waals surface area contributed by atoms with Crippen molar-refractivity contribution in [2.45, 2.75) is 32.1 Å². The molecule has 2 aliphatic rings. The Morgan fingerprint density at radius 2 is 1.88 bits per heavy atom. The fourth-order valence-corrected chi connectivity index (χ4v) is 3.15. The first-order valence-electron chi connectivity index (χ1n) is 9.24. The largest absolute Gasteiger partial charge is 0.454 e. The summed E-state index contributed by atoms with van der Waals surface area (Å²) in [6.07, 6.45) is 1.28. The Morgan fingerprint density at radius 1 is 1.19 bits per heavy atom. The molecule has 2 aliphatic heterocycles. The van der Waals surface area contributed by atoms with Gasteiger partial charge in [0.25, 0.3) is 0 Å². The number of aliphatic hydroxyl groups is 1. The second-order valence-corrected chi connectivity index (χ2v) is 7.54. The van der Waals surface area contributed by atoms with Crippen LogP contribution in [0, 0.1) is 0 Å². The first-order chi connectivity index (χ1) is 12.4. The third kappa shape index (κ3) is 5.20. The van der Waals surface area contributed by atoms with Gasteiger partial charge in [-0.2, -0.15) is 0 Å². The van der Waals surface area contributed by atoms with Crippen LogP contribution >= 0.6 is 0 Å². The van der Waals surface area contributed by atoms with Crippen molar-refractivity contribution in [3.8, 4) is 11.5 Å². The SMILES string of the molecule is C=CC(C)(C)OC[C@H](O)CN1CCN(Cc2ccc3c(c2)OCO3)CC1. The van der Waals surface area contributed by atoms with Crippen molar-refractivity contribution in [2.24, 2.45) is 0 Å².